The Hall–Kier alpha value is -2.59. The minimum Gasteiger partial charge on any atom is -0.337 e. The van der Waals surface area contributed by atoms with Crippen LogP contribution in [0.3, 0.4) is 0 Å². The largest absolute Gasteiger partial charge is 0.337 e. The third-order valence-electron chi connectivity index (χ3n) is 4.14. The molecule has 3 aromatic rings. The third kappa shape index (κ3) is 4.73. The summed E-state index contributed by atoms with van der Waals surface area (Å²) < 4.78 is 0. The number of rotatable bonds is 7. The highest BCUT2D eigenvalue weighted by molar-refractivity contribution is 8.00. The number of thioether (sulfide) groups is 1. The summed E-state index contributed by atoms with van der Waals surface area (Å²) in [6.07, 6.45) is 3.53. The second-order valence-electron chi connectivity index (χ2n) is 5.93. The van der Waals surface area contributed by atoms with Crippen LogP contribution in [0.15, 0.2) is 90.1 Å². The van der Waals surface area contributed by atoms with Crippen molar-refractivity contribution in [1.29, 1.82) is 0 Å². The lowest BCUT2D eigenvalue weighted by Gasteiger charge is -2.26. The summed E-state index contributed by atoms with van der Waals surface area (Å²) in [5.74, 6) is 0.129. The van der Waals surface area contributed by atoms with Crippen molar-refractivity contribution in [3.63, 3.8) is 0 Å². The molecule has 0 saturated heterocycles. The van der Waals surface area contributed by atoms with Crippen molar-refractivity contribution in [2.24, 2.45) is 0 Å². The Morgan fingerprint density at radius 1 is 0.962 bits per heavy atom. The maximum Gasteiger partial charge on any atom is 0.240 e. The summed E-state index contributed by atoms with van der Waals surface area (Å²) in [5.41, 5.74) is 2.12. The van der Waals surface area contributed by atoms with Gasteiger partial charge in [0.05, 0.1) is 0 Å². The average Bonchev–Trinajstić information content (AvgIpc) is 2.72. The molecule has 3 nitrogen and oxygen atoms in total. The second kappa shape index (κ2) is 9.20. The first kappa shape index (κ1) is 18.2. The van der Waals surface area contributed by atoms with Gasteiger partial charge in [-0.1, -0.05) is 48.5 Å². The van der Waals surface area contributed by atoms with Gasteiger partial charge in [-0.3, -0.25) is 9.78 Å². The number of nitrogens with zero attached hydrogens (tertiary/aromatic N) is 2. The van der Waals surface area contributed by atoms with E-state index in [4.69, 9.17) is 0 Å². The average molecular weight is 362 g/mol. The highest BCUT2D eigenvalue weighted by atomic mass is 32.2. The molecule has 0 aliphatic rings. The zero-order valence-electron chi connectivity index (χ0n) is 14.8. The number of likely N-dealkylation sites (N-methyl/N-ethyl adjacent to an activating group) is 1. The molecule has 1 heterocycles. The van der Waals surface area contributed by atoms with E-state index in [1.54, 1.807) is 24.2 Å². The summed E-state index contributed by atoms with van der Waals surface area (Å²) in [5, 5.41) is -0.264. The van der Waals surface area contributed by atoms with Crippen LogP contribution in [0.1, 0.15) is 23.3 Å². The zero-order valence-corrected chi connectivity index (χ0v) is 15.6. The van der Waals surface area contributed by atoms with Crippen molar-refractivity contribution >= 4 is 17.7 Å². The van der Waals surface area contributed by atoms with Crippen molar-refractivity contribution in [3.05, 3.63) is 96.3 Å². The lowest BCUT2D eigenvalue weighted by Crippen LogP contribution is -2.33. The predicted octanol–water partition coefficient (Wildman–Crippen LogP) is 4.96. The van der Waals surface area contributed by atoms with Crippen molar-refractivity contribution in [2.75, 3.05) is 6.54 Å². The maximum absolute atomic E-state index is 13.4. The van der Waals surface area contributed by atoms with Gasteiger partial charge in [0.1, 0.15) is 5.25 Å². The molecule has 0 fully saturated rings. The molecular formula is C22H22N2OS. The number of benzene rings is 2. The van der Waals surface area contributed by atoms with E-state index in [9.17, 15) is 4.79 Å². The molecule has 0 bridgehead atoms. The first-order valence-corrected chi connectivity index (χ1v) is 9.60. The molecule has 4 heteroatoms. The lowest BCUT2D eigenvalue weighted by atomic mass is 10.1. The van der Waals surface area contributed by atoms with E-state index in [0.29, 0.717) is 13.1 Å². The molecule has 0 unspecified atom stereocenters. The second-order valence-corrected chi connectivity index (χ2v) is 7.11. The first-order chi connectivity index (χ1) is 12.8. The van der Waals surface area contributed by atoms with Crippen LogP contribution in [0.4, 0.5) is 0 Å². The van der Waals surface area contributed by atoms with E-state index in [2.05, 4.69) is 4.98 Å². The topological polar surface area (TPSA) is 33.2 Å². The Morgan fingerprint density at radius 2 is 1.58 bits per heavy atom. The van der Waals surface area contributed by atoms with Gasteiger partial charge in [-0.25, -0.2) is 0 Å². The fraction of sp³-hybridized carbons (Fsp3) is 0.182. The molecule has 0 aliphatic heterocycles. The van der Waals surface area contributed by atoms with Crippen molar-refractivity contribution in [1.82, 2.24) is 9.88 Å². The Balaban J connectivity index is 1.85. The standard InChI is InChI=1S/C22H22N2OS/c1-2-24(17-18-13-15-23-16-14-18)22(25)21(19-9-5-3-6-10-19)26-20-11-7-4-8-12-20/h3-16,21H,2,17H2,1H3/t21-/m0/s1. The Morgan fingerprint density at radius 3 is 2.19 bits per heavy atom. The van der Waals surface area contributed by atoms with Crippen molar-refractivity contribution in [2.45, 2.75) is 23.6 Å². The van der Waals surface area contributed by atoms with Crippen LogP contribution in [-0.2, 0) is 11.3 Å². The molecule has 2 aromatic carbocycles. The fourth-order valence-electron chi connectivity index (χ4n) is 2.74. The molecule has 0 spiro atoms. The van der Waals surface area contributed by atoms with E-state index in [0.717, 1.165) is 16.0 Å². The number of aromatic nitrogens is 1. The van der Waals surface area contributed by atoms with E-state index in [1.807, 2.05) is 84.6 Å². The molecule has 3 rings (SSSR count). The Kier molecular flexibility index (Phi) is 6.45. The molecule has 1 atom stereocenters. The van der Waals surface area contributed by atoms with Gasteiger partial charge >= 0.3 is 0 Å². The highest BCUT2D eigenvalue weighted by Gasteiger charge is 2.26. The van der Waals surface area contributed by atoms with Gasteiger partial charge in [-0.15, -0.1) is 11.8 Å². The number of hydrogen-bond acceptors (Lipinski definition) is 3. The Bertz CT molecular complexity index is 809. The molecule has 26 heavy (non-hydrogen) atoms. The summed E-state index contributed by atoms with van der Waals surface area (Å²) in [6, 6.07) is 24.0. The molecule has 1 aromatic heterocycles. The van der Waals surface area contributed by atoms with Gasteiger partial charge in [0, 0.05) is 30.4 Å². The highest BCUT2D eigenvalue weighted by Crippen LogP contribution is 2.36. The first-order valence-electron chi connectivity index (χ1n) is 8.72. The van der Waals surface area contributed by atoms with Gasteiger partial charge in [0.15, 0.2) is 0 Å². The lowest BCUT2D eigenvalue weighted by molar-refractivity contribution is -0.131. The van der Waals surface area contributed by atoms with Gasteiger partial charge in [0.2, 0.25) is 5.91 Å². The van der Waals surface area contributed by atoms with Crippen LogP contribution in [0.25, 0.3) is 0 Å². The maximum atomic E-state index is 13.4. The van der Waals surface area contributed by atoms with Crippen LogP contribution in [0.5, 0.6) is 0 Å². The van der Waals surface area contributed by atoms with Crippen LogP contribution >= 0.6 is 11.8 Å². The summed E-state index contributed by atoms with van der Waals surface area (Å²) in [4.78, 5) is 20.4. The van der Waals surface area contributed by atoms with E-state index < -0.39 is 0 Å². The van der Waals surface area contributed by atoms with E-state index in [1.165, 1.54) is 0 Å². The van der Waals surface area contributed by atoms with Crippen LogP contribution in [0.2, 0.25) is 0 Å². The smallest absolute Gasteiger partial charge is 0.240 e. The Labute approximate surface area is 159 Å². The number of carbonyl (C=O) groups excluding carboxylic acids is 1. The van der Waals surface area contributed by atoms with Gasteiger partial charge in [0.25, 0.3) is 0 Å². The molecular weight excluding hydrogens is 340 g/mol. The molecule has 0 aliphatic carbocycles. The fourth-order valence-corrected chi connectivity index (χ4v) is 3.87. The molecule has 1 amide bonds. The van der Waals surface area contributed by atoms with E-state index >= 15 is 0 Å². The number of hydrogen-bond donors (Lipinski definition) is 0. The predicted molar refractivity (Wildman–Crippen MR) is 107 cm³/mol. The minimum absolute atomic E-state index is 0.129. The van der Waals surface area contributed by atoms with Crippen LogP contribution < -0.4 is 0 Å². The number of amides is 1. The normalized spacial score (nSPS) is 11.7. The van der Waals surface area contributed by atoms with Gasteiger partial charge < -0.3 is 4.90 Å². The SMILES string of the molecule is CCN(Cc1ccncc1)C(=O)[C@@H](Sc1ccccc1)c1ccccc1. The minimum atomic E-state index is -0.264. The van der Waals surface area contributed by atoms with E-state index in [-0.39, 0.29) is 11.2 Å². The summed E-state index contributed by atoms with van der Waals surface area (Å²) >= 11 is 1.60. The summed E-state index contributed by atoms with van der Waals surface area (Å²) in [6.45, 7) is 3.28. The quantitative estimate of drug-likeness (QED) is 0.557. The monoisotopic (exact) mass is 362 g/mol. The van der Waals surface area contributed by atoms with Crippen LogP contribution in [-0.4, -0.2) is 22.3 Å². The van der Waals surface area contributed by atoms with Crippen molar-refractivity contribution < 1.29 is 4.79 Å². The number of pyridine rings is 1. The molecule has 0 N–H and O–H groups in total. The molecule has 0 saturated carbocycles. The molecule has 132 valence electrons. The number of carbonyl (C=O) groups is 1. The molecule has 0 radical (unpaired) electrons. The zero-order chi connectivity index (χ0) is 18.2. The van der Waals surface area contributed by atoms with Crippen LogP contribution in [0, 0.1) is 0 Å². The third-order valence-corrected chi connectivity index (χ3v) is 5.39. The van der Waals surface area contributed by atoms with Crippen molar-refractivity contribution in [3.8, 4) is 0 Å². The summed E-state index contributed by atoms with van der Waals surface area (Å²) in [7, 11) is 0. The van der Waals surface area contributed by atoms with Gasteiger partial charge in [-0.2, -0.15) is 0 Å². The van der Waals surface area contributed by atoms with Gasteiger partial charge in [-0.05, 0) is 42.3 Å².